The zero-order chi connectivity index (χ0) is 17.5. The highest BCUT2D eigenvalue weighted by Gasteiger charge is 2.29. The van der Waals surface area contributed by atoms with Gasteiger partial charge in [-0.15, -0.1) is 0 Å². The van der Waals surface area contributed by atoms with Gasteiger partial charge in [-0.3, -0.25) is 19.3 Å². The maximum Gasteiger partial charge on any atom is 0.289 e. The number of nitrogens with two attached hydrogens (primary N) is 1. The Balaban J connectivity index is 2.02. The Labute approximate surface area is 146 Å². The van der Waals surface area contributed by atoms with Crippen LogP contribution in [0, 0.1) is 0 Å². The van der Waals surface area contributed by atoms with Crippen LogP contribution in [0.4, 0.5) is 4.79 Å². The average molecular weight is 349 g/mol. The molecule has 1 atom stereocenters. The summed E-state index contributed by atoms with van der Waals surface area (Å²) in [6.07, 6.45) is 2.92. The fourth-order valence-corrected chi connectivity index (χ4v) is 3.22. The van der Waals surface area contributed by atoms with Crippen LogP contribution in [0.25, 0.3) is 0 Å². The highest BCUT2D eigenvalue weighted by Crippen LogP contribution is 2.21. The van der Waals surface area contributed by atoms with Gasteiger partial charge in [0.05, 0.1) is 12.3 Å². The first kappa shape index (κ1) is 18.5. The van der Waals surface area contributed by atoms with E-state index >= 15 is 0 Å². The Bertz CT molecular complexity index is 605. The van der Waals surface area contributed by atoms with Crippen LogP contribution in [0.5, 0.6) is 0 Å². The second-order valence-corrected chi connectivity index (χ2v) is 6.71. The van der Waals surface area contributed by atoms with E-state index in [9.17, 15) is 14.4 Å². The predicted molar refractivity (Wildman–Crippen MR) is 94.7 cm³/mol. The Morgan fingerprint density at radius 2 is 2.21 bits per heavy atom. The van der Waals surface area contributed by atoms with E-state index in [0.717, 1.165) is 36.6 Å². The first-order valence-corrected chi connectivity index (χ1v) is 9.10. The number of rotatable bonds is 8. The SMILES string of the molecule is CCCCC(CN)NC(=O)c1cccc(CN2C(=O)CSC2=O)c1. The van der Waals surface area contributed by atoms with Crippen molar-refractivity contribution in [2.45, 2.75) is 38.8 Å². The minimum absolute atomic E-state index is 0.0424. The van der Waals surface area contributed by atoms with Crippen LogP contribution in [0.1, 0.15) is 42.1 Å². The number of hydrogen-bond donors (Lipinski definition) is 2. The molecule has 130 valence electrons. The third-order valence-electron chi connectivity index (χ3n) is 3.90. The largest absolute Gasteiger partial charge is 0.348 e. The van der Waals surface area contributed by atoms with E-state index in [0.29, 0.717) is 12.1 Å². The molecule has 1 aliphatic rings. The van der Waals surface area contributed by atoms with Gasteiger partial charge in [-0.2, -0.15) is 0 Å². The van der Waals surface area contributed by atoms with Crippen molar-refractivity contribution >= 4 is 28.8 Å². The monoisotopic (exact) mass is 349 g/mol. The summed E-state index contributed by atoms with van der Waals surface area (Å²) < 4.78 is 0. The number of amides is 3. The molecule has 0 aliphatic carbocycles. The summed E-state index contributed by atoms with van der Waals surface area (Å²) in [5, 5.41) is 2.70. The lowest BCUT2D eigenvalue weighted by Crippen LogP contribution is -2.40. The van der Waals surface area contributed by atoms with Crippen molar-refractivity contribution in [2.24, 2.45) is 5.73 Å². The minimum Gasteiger partial charge on any atom is -0.348 e. The van der Waals surface area contributed by atoms with E-state index in [2.05, 4.69) is 12.2 Å². The quantitative estimate of drug-likeness (QED) is 0.750. The molecule has 3 amide bonds. The van der Waals surface area contributed by atoms with Gasteiger partial charge in [0.2, 0.25) is 5.91 Å². The molecule has 1 aromatic carbocycles. The van der Waals surface area contributed by atoms with E-state index in [1.54, 1.807) is 24.3 Å². The van der Waals surface area contributed by atoms with E-state index in [1.807, 2.05) is 0 Å². The van der Waals surface area contributed by atoms with Crippen molar-refractivity contribution in [3.05, 3.63) is 35.4 Å². The Hall–Kier alpha value is -1.86. The first-order chi connectivity index (χ1) is 11.5. The van der Waals surface area contributed by atoms with Gasteiger partial charge in [-0.05, 0) is 24.1 Å². The molecule has 1 fully saturated rings. The number of nitrogens with zero attached hydrogens (tertiary/aromatic N) is 1. The van der Waals surface area contributed by atoms with Crippen LogP contribution in [-0.4, -0.2) is 40.3 Å². The molecule has 24 heavy (non-hydrogen) atoms. The highest BCUT2D eigenvalue weighted by atomic mass is 32.2. The fourth-order valence-electron chi connectivity index (χ4n) is 2.50. The van der Waals surface area contributed by atoms with Crippen LogP contribution in [0.2, 0.25) is 0 Å². The molecule has 1 heterocycles. The van der Waals surface area contributed by atoms with Crippen molar-refractivity contribution in [1.82, 2.24) is 10.2 Å². The molecule has 0 aromatic heterocycles. The number of carbonyl (C=O) groups is 3. The first-order valence-electron chi connectivity index (χ1n) is 8.12. The van der Waals surface area contributed by atoms with E-state index in [4.69, 9.17) is 5.73 Å². The maximum atomic E-state index is 12.4. The van der Waals surface area contributed by atoms with Crippen LogP contribution in [0.3, 0.4) is 0 Å². The van der Waals surface area contributed by atoms with Gasteiger partial charge in [-0.25, -0.2) is 0 Å². The van der Waals surface area contributed by atoms with Crippen LogP contribution >= 0.6 is 11.8 Å². The van der Waals surface area contributed by atoms with Crippen LogP contribution in [0.15, 0.2) is 24.3 Å². The smallest absolute Gasteiger partial charge is 0.289 e. The Kier molecular flexibility index (Phi) is 6.81. The van der Waals surface area contributed by atoms with Crippen LogP contribution < -0.4 is 11.1 Å². The molecule has 1 aliphatic heterocycles. The summed E-state index contributed by atoms with van der Waals surface area (Å²) in [6, 6.07) is 6.95. The molecule has 7 heteroatoms. The molecule has 0 bridgehead atoms. The second kappa shape index (κ2) is 8.84. The van der Waals surface area contributed by atoms with Crippen molar-refractivity contribution in [3.63, 3.8) is 0 Å². The molecule has 1 saturated heterocycles. The summed E-state index contributed by atoms with van der Waals surface area (Å²) >= 11 is 1.01. The lowest BCUT2D eigenvalue weighted by molar-refractivity contribution is -0.125. The van der Waals surface area contributed by atoms with Crippen molar-refractivity contribution in [2.75, 3.05) is 12.3 Å². The van der Waals surface area contributed by atoms with Crippen molar-refractivity contribution < 1.29 is 14.4 Å². The van der Waals surface area contributed by atoms with Gasteiger partial charge in [0.1, 0.15) is 0 Å². The standard InChI is InChI=1S/C17H23N3O3S/c1-2-3-7-14(9-18)19-16(22)13-6-4-5-12(8-13)10-20-15(21)11-24-17(20)23/h4-6,8,14H,2-3,7,9-11,18H2,1H3,(H,19,22). The summed E-state index contributed by atoms with van der Waals surface area (Å²) in [4.78, 5) is 36.9. The molecule has 3 N–H and O–H groups in total. The Morgan fingerprint density at radius 3 is 2.83 bits per heavy atom. The molecule has 1 aromatic rings. The number of carbonyl (C=O) groups excluding carboxylic acids is 3. The van der Waals surface area contributed by atoms with E-state index in [1.165, 1.54) is 4.90 Å². The van der Waals surface area contributed by atoms with Crippen LogP contribution in [-0.2, 0) is 11.3 Å². The maximum absolute atomic E-state index is 12.4. The zero-order valence-corrected chi connectivity index (χ0v) is 14.6. The van der Waals surface area contributed by atoms with Gasteiger partial charge in [0, 0.05) is 18.2 Å². The molecule has 0 spiro atoms. The molecule has 1 unspecified atom stereocenters. The average Bonchev–Trinajstić information content (AvgIpc) is 2.90. The minimum atomic E-state index is -0.238. The number of unbranched alkanes of at least 4 members (excludes halogenated alkanes) is 1. The van der Waals surface area contributed by atoms with Gasteiger partial charge in [0.15, 0.2) is 0 Å². The summed E-state index contributed by atoms with van der Waals surface area (Å²) in [6.45, 7) is 2.69. The summed E-state index contributed by atoms with van der Waals surface area (Å²) in [5.41, 5.74) is 6.97. The molecule has 6 nitrogen and oxygen atoms in total. The van der Waals surface area contributed by atoms with E-state index < -0.39 is 0 Å². The van der Waals surface area contributed by atoms with Gasteiger partial charge < -0.3 is 11.1 Å². The number of nitrogens with one attached hydrogen (secondary N) is 1. The lowest BCUT2D eigenvalue weighted by Gasteiger charge is -2.17. The lowest BCUT2D eigenvalue weighted by atomic mass is 10.1. The molecule has 2 rings (SSSR count). The Morgan fingerprint density at radius 1 is 1.42 bits per heavy atom. The molecular formula is C17H23N3O3S. The number of imide groups is 1. The third-order valence-corrected chi connectivity index (χ3v) is 4.75. The number of hydrogen-bond acceptors (Lipinski definition) is 5. The third kappa shape index (κ3) is 4.82. The predicted octanol–water partition coefficient (Wildman–Crippen LogP) is 2.13. The second-order valence-electron chi connectivity index (χ2n) is 5.78. The summed E-state index contributed by atoms with van der Waals surface area (Å²) in [7, 11) is 0. The topological polar surface area (TPSA) is 92.5 Å². The van der Waals surface area contributed by atoms with Crippen molar-refractivity contribution in [1.29, 1.82) is 0 Å². The van der Waals surface area contributed by atoms with Gasteiger partial charge in [0.25, 0.3) is 11.1 Å². The molecule has 0 saturated carbocycles. The summed E-state index contributed by atoms with van der Waals surface area (Å²) in [5.74, 6) is -0.186. The molecule has 0 radical (unpaired) electrons. The number of benzene rings is 1. The highest BCUT2D eigenvalue weighted by molar-refractivity contribution is 8.14. The zero-order valence-electron chi connectivity index (χ0n) is 13.8. The van der Waals surface area contributed by atoms with Gasteiger partial charge in [-0.1, -0.05) is 43.7 Å². The molecular weight excluding hydrogens is 326 g/mol. The fraction of sp³-hybridized carbons (Fsp3) is 0.471. The van der Waals surface area contributed by atoms with Crippen molar-refractivity contribution in [3.8, 4) is 0 Å². The number of thioether (sulfide) groups is 1. The van der Waals surface area contributed by atoms with E-state index in [-0.39, 0.29) is 35.4 Å². The van der Waals surface area contributed by atoms with Gasteiger partial charge >= 0.3 is 0 Å². The normalized spacial score (nSPS) is 15.7.